The molecule has 0 radical (unpaired) electrons. The summed E-state index contributed by atoms with van der Waals surface area (Å²) in [6.45, 7) is 15.3. The van der Waals surface area contributed by atoms with Crippen molar-refractivity contribution in [3.05, 3.63) is 166 Å². The zero-order chi connectivity index (χ0) is 64.7. The molecule has 0 heterocycles. The van der Waals surface area contributed by atoms with Gasteiger partial charge in [0.1, 0.15) is 75.9 Å². The van der Waals surface area contributed by atoms with Gasteiger partial charge in [-0.3, -0.25) is 0 Å². The minimum absolute atomic E-state index is 0.0424. The summed E-state index contributed by atoms with van der Waals surface area (Å²) < 4.78 is 164. The average Bonchev–Trinajstić information content (AvgIpc) is 1.98. The van der Waals surface area contributed by atoms with Gasteiger partial charge >= 0.3 is 23.9 Å². The molecule has 0 unspecified atom stereocenters. The van der Waals surface area contributed by atoms with E-state index in [4.69, 9.17) is 37.9 Å². The zero-order valence-corrected chi connectivity index (χ0v) is 50.6. The van der Waals surface area contributed by atoms with Crippen LogP contribution in [0.2, 0.25) is 0 Å². The van der Waals surface area contributed by atoms with E-state index in [1.807, 2.05) is 0 Å². The molecular formula is C68H80F8O12. The Labute approximate surface area is 510 Å². The number of rotatable bonds is 36. The first-order valence-corrected chi connectivity index (χ1v) is 29.3. The molecule has 0 spiro atoms. The summed E-state index contributed by atoms with van der Waals surface area (Å²) in [4.78, 5) is 49.3. The number of hydrogen-bond donors (Lipinski definition) is 0. The smallest absolute Gasteiger partial charge is 0.330 e. The van der Waals surface area contributed by atoms with Crippen LogP contribution in [0.15, 0.2) is 99.2 Å². The van der Waals surface area contributed by atoms with Crippen LogP contribution in [0.25, 0.3) is 0 Å². The first-order valence-electron chi connectivity index (χ1n) is 29.3. The molecule has 12 nitrogen and oxygen atoms in total. The normalized spacial score (nSPS) is 12.5. The van der Waals surface area contributed by atoms with E-state index in [2.05, 4.69) is 26.3 Å². The molecule has 8 bridgehead atoms. The Balaban J connectivity index is 1.98. The Morgan fingerprint density at radius 3 is 0.659 bits per heavy atom. The van der Waals surface area contributed by atoms with Gasteiger partial charge in [-0.05, 0) is 146 Å². The van der Waals surface area contributed by atoms with Crippen LogP contribution in [-0.2, 0) is 89.5 Å². The van der Waals surface area contributed by atoms with E-state index in [-0.39, 0.29) is 153 Å². The molecular weight excluding hydrogens is 1160 g/mol. The van der Waals surface area contributed by atoms with Gasteiger partial charge in [-0.2, -0.15) is 0 Å². The summed E-state index contributed by atoms with van der Waals surface area (Å²) in [5.74, 6) is -13.9. The zero-order valence-electron chi connectivity index (χ0n) is 50.6. The third-order valence-electron chi connectivity index (χ3n) is 14.0. The van der Waals surface area contributed by atoms with Crippen LogP contribution in [0, 0.1) is 0 Å². The fourth-order valence-electron chi connectivity index (χ4n) is 10.3. The molecule has 4 aromatic rings. The monoisotopic (exact) mass is 1240 g/mol. The van der Waals surface area contributed by atoms with Gasteiger partial charge in [-0.15, -0.1) is 0 Å². The summed E-state index contributed by atoms with van der Waals surface area (Å²) in [6.07, 6.45) is 2.63. The number of hydrogen-bond acceptors (Lipinski definition) is 12. The van der Waals surface area contributed by atoms with Gasteiger partial charge in [0.2, 0.25) is 23.7 Å². The van der Waals surface area contributed by atoms with Crippen molar-refractivity contribution in [3.8, 4) is 23.0 Å². The molecule has 0 saturated heterocycles. The van der Waals surface area contributed by atoms with Crippen molar-refractivity contribution in [2.24, 2.45) is 0 Å². The van der Waals surface area contributed by atoms with E-state index in [0.717, 1.165) is 52.0 Å². The van der Waals surface area contributed by atoms with Crippen molar-refractivity contribution >= 4 is 23.9 Å². The van der Waals surface area contributed by atoms with Crippen molar-refractivity contribution in [3.63, 3.8) is 0 Å². The maximum Gasteiger partial charge on any atom is 0.330 e. The Bertz CT molecular complexity index is 2560. The minimum atomic E-state index is -3.01. The number of esters is 4. The number of carbonyl (C=O) groups excluding carboxylic acids is 4. The summed E-state index contributed by atoms with van der Waals surface area (Å²) in [5.41, 5.74) is 6.18. The van der Waals surface area contributed by atoms with E-state index >= 15 is 0 Å². The summed E-state index contributed by atoms with van der Waals surface area (Å²) in [7, 11) is 0. The second-order valence-electron chi connectivity index (χ2n) is 22.3. The Morgan fingerprint density at radius 1 is 0.341 bits per heavy atom. The predicted octanol–water partition coefficient (Wildman–Crippen LogP) is 14.7. The van der Waals surface area contributed by atoms with Crippen LogP contribution in [0.1, 0.15) is 146 Å². The molecule has 20 heteroatoms. The molecule has 0 aromatic heterocycles. The van der Waals surface area contributed by atoms with Gasteiger partial charge in [-0.25, -0.2) is 54.3 Å². The minimum Gasteiger partial charge on any atom is -0.489 e. The highest BCUT2D eigenvalue weighted by Gasteiger charge is 2.28. The highest BCUT2D eigenvalue weighted by molar-refractivity contribution is 5.82. The lowest BCUT2D eigenvalue weighted by molar-refractivity contribution is -0.139. The molecule has 0 aliphatic heterocycles. The lowest BCUT2D eigenvalue weighted by atomic mass is 9.86. The Morgan fingerprint density at radius 2 is 0.511 bits per heavy atom. The number of alkyl halides is 8. The van der Waals surface area contributed by atoms with E-state index in [9.17, 15) is 54.3 Å². The number of aryl methyl sites for hydroxylation is 4. The largest absolute Gasteiger partial charge is 0.489 e. The number of halogens is 8. The second-order valence-corrected chi connectivity index (χ2v) is 22.3. The fourth-order valence-corrected chi connectivity index (χ4v) is 10.3. The SMILES string of the molecule is C=CC(=O)OCCOc1c2cc(CCCC(C)(F)F)cc1Cc1cc(CCCC(C)(F)F)cc(c1OCCOC(=O)C=C)Cc1cc(CCCC(C)(F)F)cc(c1OCCOC(=O)C=C)Cc1cc(CCCC(C)(F)F)cc(c1OCCOC(=O)C=C)C2. The maximum atomic E-state index is 14.6. The molecule has 0 atom stereocenters. The van der Waals surface area contributed by atoms with E-state index in [1.54, 1.807) is 48.5 Å². The van der Waals surface area contributed by atoms with Gasteiger partial charge in [0.15, 0.2) is 0 Å². The highest BCUT2D eigenvalue weighted by atomic mass is 19.3. The van der Waals surface area contributed by atoms with Crippen molar-refractivity contribution < 1.29 is 92.2 Å². The molecule has 1 aliphatic rings. The predicted molar refractivity (Wildman–Crippen MR) is 318 cm³/mol. The number of fused-ring (bicyclic) bond motifs is 8. The number of carbonyl (C=O) groups is 4. The Kier molecular flexibility index (Phi) is 27.2. The first kappa shape index (κ1) is 71.1. The molecule has 88 heavy (non-hydrogen) atoms. The van der Waals surface area contributed by atoms with Crippen LogP contribution >= 0.6 is 0 Å². The van der Waals surface area contributed by atoms with Crippen molar-refractivity contribution in [2.45, 2.75) is 154 Å². The molecule has 4 aromatic carbocycles. The summed E-state index contributed by atoms with van der Waals surface area (Å²) >= 11 is 0. The van der Waals surface area contributed by atoms with Crippen molar-refractivity contribution in [1.82, 2.24) is 0 Å². The van der Waals surface area contributed by atoms with Crippen LogP contribution in [0.3, 0.4) is 0 Å². The van der Waals surface area contributed by atoms with Gasteiger partial charge in [-0.1, -0.05) is 74.8 Å². The van der Waals surface area contributed by atoms with Crippen LogP contribution in [0.5, 0.6) is 23.0 Å². The van der Waals surface area contributed by atoms with E-state index < -0.39 is 73.3 Å². The van der Waals surface area contributed by atoms with Crippen LogP contribution in [-0.4, -0.2) is 100 Å². The standard InChI is InChI=1S/C68H80F8O12/c1-9-57(77)81-25-29-85-61-49-33-45(17-13-21-65(5,69)70)34-50(61)42-52-36-47(19-15-23-67(7,73)74)38-54(63(52)87-31-27-83-59(79)11-3)44-56-40-48(20-16-24-68(8,75)76)39-55(64(56)88-32-28-84-60(80)12-4)43-53-37-46(18-14-22-66(6,71)72)35-51(41-49)62(53)86-30-26-82-58(78)10-2/h9-12,33-40H,1-4,13-32,41-44H2,5-8H3. The molecule has 0 amide bonds. The number of benzene rings is 4. The quantitative estimate of drug-likeness (QED) is 0.0124. The highest BCUT2D eigenvalue weighted by Crippen LogP contribution is 2.42. The molecule has 0 saturated carbocycles. The Hall–Kier alpha value is -7.64. The third kappa shape index (κ3) is 25.2. The van der Waals surface area contributed by atoms with Crippen molar-refractivity contribution in [2.75, 3.05) is 52.9 Å². The molecule has 0 N–H and O–H groups in total. The van der Waals surface area contributed by atoms with Gasteiger partial charge in [0.25, 0.3) is 0 Å². The lowest BCUT2D eigenvalue weighted by Gasteiger charge is -2.25. The molecule has 0 fully saturated rings. The van der Waals surface area contributed by atoms with Gasteiger partial charge < -0.3 is 37.9 Å². The lowest BCUT2D eigenvalue weighted by Crippen LogP contribution is -2.16. The topological polar surface area (TPSA) is 142 Å². The maximum absolute atomic E-state index is 14.6. The van der Waals surface area contributed by atoms with Gasteiger partial charge in [0.05, 0.1) is 0 Å². The fraction of sp³-hybridized carbons (Fsp3) is 0.471. The first-order chi connectivity index (χ1) is 41.5. The van der Waals surface area contributed by atoms with Crippen LogP contribution in [0.4, 0.5) is 35.1 Å². The van der Waals surface area contributed by atoms with Crippen LogP contribution < -0.4 is 18.9 Å². The third-order valence-corrected chi connectivity index (χ3v) is 14.0. The van der Waals surface area contributed by atoms with E-state index in [0.29, 0.717) is 66.8 Å². The molecule has 1 aliphatic carbocycles. The summed E-state index contributed by atoms with van der Waals surface area (Å²) in [6, 6.07) is 14.4. The summed E-state index contributed by atoms with van der Waals surface area (Å²) in [5, 5.41) is 0. The molecule has 480 valence electrons. The van der Waals surface area contributed by atoms with Crippen molar-refractivity contribution in [1.29, 1.82) is 0 Å². The van der Waals surface area contributed by atoms with E-state index in [1.165, 1.54) is 0 Å². The van der Waals surface area contributed by atoms with Gasteiger partial charge in [0, 0.05) is 75.7 Å². The number of ether oxygens (including phenoxy) is 8. The average molecular weight is 1240 g/mol. The second kappa shape index (κ2) is 33.6. The molecule has 5 rings (SSSR count).